The molecular weight excluding hydrogens is 218 g/mol. The number of rotatable bonds is 2. The van der Waals surface area contributed by atoms with Gasteiger partial charge in [0.15, 0.2) is 0 Å². The molecule has 2 nitrogen and oxygen atoms in total. The summed E-state index contributed by atoms with van der Waals surface area (Å²) in [7, 11) is 0. The molecule has 1 heterocycles. The average Bonchev–Trinajstić information content (AvgIpc) is 2.68. The lowest BCUT2D eigenvalue weighted by Gasteiger charge is -2.34. The van der Waals surface area contributed by atoms with E-state index in [4.69, 9.17) is 0 Å². The first-order valence-corrected chi connectivity index (χ1v) is 7.06. The van der Waals surface area contributed by atoms with E-state index < -0.39 is 0 Å². The molecule has 1 aromatic heterocycles. The molecule has 0 bridgehead atoms. The van der Waals surface area contributed by atoms with Gasteiger partial charge in [0.25, 0.3) is 0 Å². The molecule has 1 aromatic rings. The van der Waals surface area contributed by atoms with Crippen LogP contribution < -0.4 is 0 Å². The summed E-state index contributed by atoms with van der Waals surface area (Å²) in [6.45, 7) is 6.61. The molecular formula is C13H21NOS. The maximum atomic E-state index is 10.3. The third kappa shape index (κ3) is 2.46. The van der Waals surface area contributed by atoms with E-state index in [2.05, 4.69) is 18.8 Å². The first-order chi connectivity index (χ1) is 7.58. The molecule has 0 saturated heterocycles. The molecule has 1 saturated carbocycles. The van der Waals surface area contributed by atoms with Crippen LogP contribution in [0.15, 0.2) is 5.38 Å². The molecule has 3 heteroatoms. The van der Waals surface area contributed by atoms with Gasteiger partial charge >= 0.3 is 0 Å². The van der Waals surface area contributed by atoms with Crippen LogP contribution in [0.5, 0.6) is 0 Å². The summed E-state index contributed by atoms with van der Waals surface area (Å²) in [6.07, 6.45) is 3.19. The van der Waals surface area contributed by atoms with Crippen molar-refractivity contribution in [2.24, 2.45) is 17.8 Å². The Morgan fingerprint density at radius 2 is 2.12 bits per heavy atom. The van der Waals surface area contributed by atoms with Crippen molar-refractivity contribution in [1.29, 1.82) is 0 Å². The second-order valence-electron chi connectivity index (χ2n) is 5.30. The van der Waals surface area contributed by atoms with Crippen molar-refractivity contribution in [2.45, 2.75) is 46.1 Å². The summed E-state index contributed by atoms with van der Waals surface area (Å²) in [5, 5.41) is 13.2. The SMILES string of the molecule is Cc1csc(C(O)C2CCC(C)C(C)C2)n1. The van der Waals surface area contributed by atoms with Gasteiger partial charge in [0.2, 0.25) is 0 Å². The van der Waals surface area contributed by atoms with E-state index in [-0.39, 0.29) is 6.10 Å². The van der Waals surface area contributed by atoms with Crippen molar-refractivity contribution in [2.75, 3.05) is 0 Å². The van der Waals surface area contributed by atoms with Crippen LogP contribution >= 0.6 is 11.3 Å². The molecule has 4 unspecified atom stereocenters. The fraction of sp³-hybridized carbons (Fsp3) is 0.769. The highest BCUT2D eigenvalue weighted by atomic mass is 32.1. The van der Waals surface area contributed by atoms with Gasteiger partial charge in [0.05, 0.1) is 0 Å². The van der Waals surface area contributed by atoms with Crippen LogP contribution in [-0.4, -0.2) is 10.1 Å². The number of nitrogens with zero attached hydrogens (tertiary/aromatic N) is 1. The summed E-state index contributed by atoms with van der Waals surface area (Å²) < 4.78 is 0. The smallest absolute Gasteiger partial charge is 0.122 e. The van der Waals surface area contributed by atoms with E-state index in [0.29, 0.717) is 5.92 Å². The number of hydrogen-bond donors (Lipinski definition) is 1. The molecule has 90 valence electrons. The quantitative estimate of drug-likeness (QED) is 0.856. The Balaban J connectivity index is 2.02. The number of thiazole rings is 1. The van der Waals surface area contributed by atoms with Crippen LogP contribution in [0.1, 0.15) is 49.9 Å². The maximum absolute atomic E-state index is 10.3. The van der Waals surface area contributed by atoms with Crippen LogP contribution in [-0.2, 0) is 0 Å². The zero-order valence-corrected chi connectivity index (χ0v) is 11.1. The Labute approximate surface area is 102 Å². The zero-order valence-electron chi connectivity index (χ0n) is 10.3. The van der Waals surface area contributed by atoms with Crippen molar-refractivity contribution in [3.05, 3.63) is 16.1 Å². The molecule has 1 N–H and O–H groups in total. The number of aliphatic hydroxyl groups is 1. The molecule has 0 aromatic carbocycles. The van der Waals surface area contributed by atoms with Gasteiger partial charge in [-0.1, -0.05) is 20.3 Å². The molecule has 16 heavy (non-hydrogen) atoms. The van der Waals surface area contributed by atoms with E-state index in [0.717, 1.165) is 35.4 Å². The van der Waals surface area contributed by atoms with Crippen molar-refractivity contribution >= 4 is 11.3 Å². The lowest BCUT2D eigenvalue weighted by molar-refractivity contribution is 0.0558. The molecule has 0 aliphatic heterocycles. The highest BCUT2D eigenvalue weighted by molar-refractivity contribution is 7.09. The van der Waals surface area contributed by atoms with Crippen molar-refractivity contribution in [1.82, 2.24) is 4.98 Å². The minimum atomic E-state index is -0.339. The van der Waals surface area contributed by atoms with Gasteiger partial charge in [-0.2, -0.15) is 0 Å². The first-order valence-electron chi connectivity index (χ1n) is 6.18. The van der Waals surface area contributed by atoms with Gasteiger partial charge in [0, 0.05) is 11.1 Å². The van der Waals surface area contributed by atoms with Crippen LogP contribution in [0.25, 0.3) is 0 Å². The molecule has 4 atom stereocenters. The summed E-state index contributed by atoms with van der Waals surface area (Å²) in [5.74, 6) is 1.95. The third-order valence-corrected chi connectivity index (χ3v) is 5.01. The highest BCUT2D eigenvalue weighted by Crippen LogP contribution is 2.40. The van der Waals surface area contributed by atoms with E-state index in [1.54, 1.807) is 11.3 Å². The van der Waals surface area contributed by atoms with Crippen LogP contribution in [0.2, 0.25) is 0 Å². The lowest BCUT2D eigenvalue weighted by atomic mass is 9.74. The van der Waals surface area contributed by atoms with Gasteiger partial charge in [-0.25, -0.2) is 4.98 Å². The molecule has 1 aliphatic rings. The normalized spacial score (nSPS) is 32.6. The molecule has 2 rings (SSSR count). The second kappa shape index (κ2) is 4.84. The Morgan fingerprint density at radius 1 is 1.38 bits per heavy atom. The Hall–Kier alpha value is -0.410. The van der Waals surface area contributed by atoms with Crippen molar-refractivity contribution in [3.8, 4) is 0 Å². The van der Waals surface area contributed by atoms with E-state index in [1.807, 2.05) is 12.3 Å². The third-order valence-electron chi connectivity index (χ3n) is 3.98. The zero-order chi connectivity index (χ0) is 11.7. The molecule has 0 spiro atoms. The van der Waals surface area contributed by atoms with E-state index in [1.165, 1.54) is 6.42 Å². The molecule has 0 radical (unpaired) electrons. The fourth-order valence-corrected chi connectivity index (χ4v) is 3.46. The minimum Gasteiger partial charge on any atom is -0.386 e. The summed E-state index contributed by atoms with van der Waals surface area (Å²) >= 11 is 1.59. The Morgan fingerprint density at radius 3 is 2.69 bits per heavy atom. The van der Waals surface area contributed by atoms with E-state index >= 15 is 0 Å². The number of aryl methyl sites for hydroxylation is 1. The minimum absolute atomic E-state index is 0.339. The van der Waals surface area contributed by atoms with Crippen molar-refractivity contribution < 1.29 is 5.11 Å². The standard InChI is InChI=1S/C13H21NOS/c1-8-4-5-11(6-9(8)2)12(15)13-14-10(3)7-16-13/h7-9,11-12,15H,4-6H2,1-3H3. The topological polar surface area (TPSA) is 33.1 Å². The highest BCUT2D eigenvalue weighted by Gasteiger charge is 2.31. The van der Waals surface area contributed by atoms with Gasteiger partial charge in [-0.15, -0.1) is 11.3 Å². The van der Waals surface area contributed by atoms with E-state index in [9.17, 15) is 5.11 Å². The van der Waals surface area contributed by atoms with Crippen LogP contribution in [0, 0.1) is 24.7 Å². The number of aliphatic hydroxyl groups excluding tert-OH is 1. The molecule has 0 amide bonds. The fourth-order valence-electron chi connectivity index (χ4n) is 2.59. The average molecular weight is 239 g/mol. The second-order valence-corrected chi connectivity index (χ2v) is 6.19. The van der Waals surface area contributed by atoms with Gasteiger partial charge in [0.1, 0.15) is 11.1 Å². The lowest BCUT2D eigenvalue weighted by Crippen LogP contribution is -2.25. The molecule has 1 aliphatic carbocycles. The Kier molecular flexibility index (Phi) is 3.65. The van der Waals surface area contributed by atoms with Gasteiger partial charge in [-0.05, 0) is 37.5 Å². The monoisotopic (exact) mass is 239 g/mol. The number of hydrogen-bond acceptors (Lipinski definition) is 3. The predicted molar refractivity (Wildman–Crippen MR) is 67.5 cm³/mol. The molecule has 1 fully saturated rings. The maximum Gasteiger partial charge on any atom is 0.122 e. The summed E-state index contributed by atoms with van der Waals surface area (Å²) in [4.78, 5) is 4.40. The largest absolute Gasteiger partial charge is 0.386 e. The predicted octanol–water partition coefficient (Wildman–Crippen LogP) is 3.56. The Bertz CT molecular complexity index is 349. The summed E-state index contributed by atoms with van der Waals surface area (Å²) in [5.41, 5.74) is 1.02. The van der Waals surface area contributed by atoms with Crippen LogP contribution in [0.4, 0.5) is 0 Å². The van der Waals surface area contributed by atoms with Gasteiger partial charge in [-0.3, -0.25) is 0 Å². The first kappa shape index (κ1) is 12.1. The summed E-state index contributed by atoms with van der Waals surface area (Å²) in [6, 6.07) is 0. The van der Waals surface area contributed by atoms with Crippen LogP contribution in [0.3, 0.4) is 0 Å². The van der Waals surface area contributed by atoms with Gasteiger partial charge < -0.3 is 5.11 Å². The number of aromatic nitrogens is 1. The van der Waals surface area contributed by atoms with Crippen molar-refractivity contribution in [3.63, 3.8) is 0 Å².